The Labute approximate surface area is 158 Å². The minimum atomic E-state index is -1.01. The first kappa shape index (κ1) is 17.3. The highest BCUT2D eigenvalue weighted by Gasteiger charge is 2.53. The molecule has 2 aliphatic heterocycles. The van der Waals surface area contributed by atoms with Gasteiger partial charge < -0.3 is 0 Å². The number of carbonyl (C=O) groups is 5. The van der Waals surface area contributed by atoms with Crippen LogP contribution < -0.4 is 10.2 Å². The fourth-order valence-electron chi connectivity index (χ4n) is 3.71. The second-order valence-electron chi connectivity index (χ2n) is 6.42. The van der Waals surface area contributed by atoms with E-state index in [-0.39, 0.29) is 18.4 Å². The van der Waals surface area contributed by atoms with Gasteiger partial charge >= 0.3 is 0 Å². The van der Waals surface area contributed by atoms with Crippen molar-refractivity contribution in [3.05, 3.63) is 41.3 Å². The lowest BCUT2D eigenvalue weighted by Gasteiger charge is -2.31. The lowest BCUT2D eigenvalue weighted by atomic mass is 9.88. The van der Waals surface area contributed by atoms with Crippen molar-refractivity contribution in [1.29, 1.82) is 0 Å². The smallest absolute Gasteiger partial charge is 0.258 e. The van der Waals surface area contributed by atoms with Crippen LogP contribution in [0.1, 0.15) is 12.8 Å². The Morgan fingerprint density at radius 1 is 1.26 bits per heavy atom. The van der Waals surface area contributed by atoms with Gasteiger partial charge in [-0.25, -0.2) is 0 Å². The van der Waals surface area contributed by atoms with Gasteiger partial charge in [0.05, 0.1) is 17.0 Å². The molecule has 3 unspecified atom stereocenters. The number of hydrogen-bond donors (Lipinski definition) is 1. The van der Waals surface area contributed by atoms with Gasteiger partial charge in [0, 0.05) is 12.0 Å². The average Bonchev–Trinajstić information content (AvgIpc) is 3.25. The SMILES string of the molecule is O=CN(c1cccs1)C1C=CC=C2C(=O)N(C3CCC(=O)NC3=O)C(=O)C21. The van der Waals surface area contributed by atoms with Crippen molar-refractivity contribution in [1.82, 2.24) is 10.2 Å². The number of hydrogen-bond acceptors (Lipinski definition) is 6. The minimum Gasteiger partial charge on any atom is -0.298 e. The molecule has 0 bridgehead atoms. The fourth-order valence-corrected chi connectivity index (χ4v) is 4.45. The first-order chi connectivity index (χ1) is 13.0. The molecule has 5 amide bonds. The van der Waals surface area contributed by atoms with E-state index in [0.29, 0.717) is 11.4 Å². The predicted octanol–water partition coefficient (Wildman–Crippen LogP) is 0.366. The summed E-state index contributed by atoms with van der Waals surface area (Å²) >= 11 is 1.34. The number of anilines is 1. The van der Waals surface area contributed by atoms with Gasteiger partial charge in [-0.3, -0.25) is 39.1 Å². The number of nitrogens with one attached hydrogen (secondary N) is 1. The molecule has 1 aromatic rings. The van der Waals surface area contributed by atoms with Gasteiger partial charge in [0.2, 0.25) is 24.1 Å². The number of likely N-dealkylation sites (tertiary alicyclic amines) is 1. The number of nitrogens with zero attached hydrogens (tertiary/aromatic N) is 2. The lowest BCUT2D eigenvalue weighted by Crippen LogP contribution is -2.55. The van der Waals surface area contributed by atoms with Crippen LogP contribution in [0.5, 0.6) is 0 Å². The van der Waals surface area contributed by atoms with E-state index in [1.165, 1.54) is 16.2 Å². The van der Waals surface area contributed by atoms with E-state index in [2.05, 4.69) is 5.32 Å². The van der Waals surface area contributed by atoms with E-state index >= 15 is 0 Å². The van der Waals surface area contributed by atoms with Gasteiger partial charge in [-0.1, -0.05) is 18.2 Å². The van der Waals surface area contributed by atoms with Gasteiger partial charge in [0.15, 0.2) is 0 Å². The van der Waals surface area contributed by atoms with Crippen LogP contribution in [0.25, 0.3) is 0 Å². The first-order valence-corrected chi connectivity index (χ1v) is 9.27. The Kier molecular flexibility index (Phi) is 4.23. The number of piperidine rings is 1. The number of carbonyl (C=O) groups excluding carboxylic acids is 5. The molecule has 27 heavy (non-hydrogen) atoms. The summed E-state index contributed by atoms with van der Waals surface area (Å²) < 4.78 is 0. The highest BCUT2D eigenvalue weighted by molar-refractivity contribution is 7.14. The average molecular weight is 385 g/mol. The van der Waals surface area contributed by atoms with E-state index in [0.717, 1.165) is 4.90 Å². The molecule has 8 nitrogen and oxygen atoms in total. The normalized spacial score (nSPS) is 27.3. The molecule has 0 saturated carbocycles. The molecule has 1 aromatic heterocycles. The third-order valence-corrected chi connectivity index (χ3v) is 5.83. The summed E-state index contributed by atoms with van der Waals surface area (Å²) in [5.74, 6) is -3.02. The van der Waals surface area contributed by atoms with E-state index in [1.807, 2.05) is 5.38 Å². The summed E-state index contributed by atoms with van der Waals surface area (Å²) in [4.78, 5) is 63.6. The van der Waals surface area contributed by atoms with Crippen molar-refractivity contribution in [2.45, 2.75) is 24.9 Å². The zero-order chi connectivity index (χ0) is 19.1. The summed E-state index contributed by atoms with van der Waals surface area (Å²) in [5.41, 5.74) is 0.251. The van der Waals surface area contributed by atoms with E-state index < -0.39 is 41.6 Å². The van der Waals surface area contributed by atoms with Crippen LogP contribution in [0.2, 0.25) is 0 Å². The molecule has 0 aromatic carbocycles. The fraction of sp³-hybridized carbons (Fsp3) is 0.278. The Hall–Kier alpha value is -3.07. The molecular formula is C18H15N3O5S. The number of imide groups is 2. The largest absolute Gasteiger partial charge is 0.298 e. The predicted molar refractivity (Wildman–Crippen MR) is 95.4 cm³/mol. The molecule has 4 rings (SSSR count). The molecule has 3 aliphatic rings. The molecule has 0 radical (unpaired) electrons. The zero-order valence-corrected chi connectivity index (χ0v) is 14.8. The van der Waals surface area contributed by atoms with Crippen LogP contribution in [0.15, 0.2) is 41.3 Å². The van der Waals surface area contributed by atoms with Crippen molar-refractivity contribution in [3.8, 4) is 0 Å². The number of fused-ring (bicyclic) bond motifs is 1. The van der Waals surface area contributed by atoms with Crippen molar-refractivity contribution < 1.29 is 24.0 Å². The standard InChI is InChI=1S/C18H15N3O5S/c22-9-20(14-5-2-8-27-14)11-4-1-3-10-15(11)18(26)21(17(10)25)12-6-7-13(23)19-16(12)24/h1-5,8-9,11-12,15H,6-7H2,(H,19,23,24). The van der Waals surface area contributed by atoms with E-state index in [9.17, 15) is 24.0 Å². The topological polar surface area (TPSA) is 104 Å². The molecular weight excluding hydrogens is 370 g/mol. The summed E-state index contributed by atoms with van der Waals surface area (Å²) in [5, 5.41) is 4.64. The molecule has 1 N–H and O–H groups in total. The number of allylic oxidation sites excluding steroid dienone is 2. The Balaban J connectivity index is 1.67. The second-order valence-corrected chi connectivity index (χ2v) is 7.35. The lowest BCUT2D eigenvalue weighted by molar-refractivity contribution is -0.151. The van der Waals surface area contributed by atoms with Crippen LogP contribution in [0.4, 0.5) is 5.00 Å². The molecule has 3 heterocycles. The molecule has 138 valence electrons. The van der Waals surface area contributed by atoms with Crippen molar-refractivity contribution in [2.75, 3.05) is 4.90 Å². The third-order valence-electron chi connectivity index (χ3n) is 4.95. The van der Waals surface area contributed by atoms with Gasteiger partial charge in [0.25, 0.3) is 5.91 Å². The summed E-state index contributed by atoms with van der Waals surface area (Å²) in [6.45, 7) is 0. The van der Waals surface area contributed by atoms with Crippen molar-refractivity contribution in [2.24, 2.45) is 5.92 Å². The highest BCUT2D eigenvalue weighted by atomic mass is 32.1. The van der Waals surface area contributed by atoms with Gasteiger partial charge in [-0.2, -0.15) is 0 Å². The van der Waals surface area contributed by atoms with Crippen LogP contribution >= 0.6 is 11.3 Å². The van der Waals surface area contributed by atoms with Gasteiger partial charge in [0.1, 0.15) is 6.04 Å². The van der Waals surface area contributed by atoms with E-state index in [1.54, 1.807) is 30.4 Å². The maximum absolute atomic E-state index is 13.1. The molecule has 9 heteroatoms. The third kappa shape index (κ3) is 2.71. The quantitative estimate of drug-likeness (QED) is 0.596. The second kappa shape index (κ2) is 6.58. The zero-order valence-electron chi connectivity index (χ0n) is 14.0. The van der Waals surface area contributed by atoms with E-state index in [4.69, 9.17) is 0 Å². The first-order valence-electron chi connectivity index (χ1n) is 8.39. The summed E-state index contributed by atoms with van der Waals surface area (Å²) in [7, 11) is 0. The molecule has 2 saturated heterocycles. The maximum atomic E-state index is 13.1. The number of rotatable bonds is 4. The van der Waals surface area contributed by atoms with Crippen molar-refractivity contribution in [3.63, 3.8) is 0 Å². The highest BCUT2D eigenvalue weighted by Crippen LogP contribution is 2.38. The molecule has 2 fully saturated rings. The molecule has 1 aliphatic carbocycles. The maximum Gasteiger partial charge on any atom is 0.258 e. The number of amides is 5. The van der Waals surface area contributed by atoms with Gasteiger partial charge in [-0.05, 0) is 23.9 Å². The number of thiophene rings is 1. The van der Waals surface area contributed by atoms with Crippen LogP contribution in [0.3, 0.4) is 0 Å². The van der Waals surface area contributed by atoms with Gasteiger partial charge in [-0.15, -0.1) is 11.3 Å². The summed E-state index contributed by atoms with van der Waals surface area (Å²) in [6, 6.07) is 1.87. The molecule has 3 atom stereocenters. The Morgan fingerprint density at radius 3 is 2.74 bits per heavy atom. The van der Waals surface area contributed by atoms with Crippen LogP contribution in [0, 0.1) is 5.92 Å². The van der Waals surface area contributed by atoms with Crippen molar-refractivity contribution >= 4 is 46.4 Å². The minimum absolute atomic E-state index is 0.0640. The molecule has 0 spiro atoms. The summed E-state index contributed by atoms with van der Waals surface area (Å²) in [6.07, 6.45) is 5.68. The Bertz CT molecular complexity index is 904. The van der Waals surface area contributed by atoms with Crippen LogP contribution in [-0.2, 0) is 24.0 Å². The Morgan fingerprint density at radius 2 is 2.07 bits per heavy atom. The monoisotopic (exact) mass is 385 g/mol. The van der Waals surface area contributed by atoms with Crippen LogP contribution in [-0.4, -0.2) is 47.0 Å².